The maximum absolute atomic E-state index is 11.5. The molecule has 5 nitrogen and oxygen atoms in total. The monoisotopic (exact) mass is 208 g/mol. The molecule has 0 aliphatic heterocycles. The van der Waals surface area contributed by atoms with E-state index in [0.29, 0.717) is 0 Å². The molecule has 0 rings (SSSR count). The molecule has 0 aromatic rings. The molecule has 76 valence electrons. The van der Waals surface area contributed by atoms with Gasteiger partial charge < -0.3 is 13.8 Å². The first-order chi connectivity index (χ1) is 6.08. The Morgan fingerprint density at radius 1 is 1.54 bits per heavy atom. The number of carbonyl (C=O) groups is 1. The molecule has 0 aromatic heterocycles. The van der Waals surface area contributed by atoms with Gasteiger partial charge in [-0.05, 0) is 0 Å². The molecule has 0 radical (unpaired) electrons. The van der Waals surface area contributed by atoms with Crippen molar-refractivity contribution in [3.05, 3.63) is 12.7 Å². The molecule has 0 aliphatic carbocycles. The second-order valence-corrected chi connectivity index (χ2v) is 4.27. The molecule has 0 saturated carbocycles. The number of rotatable bonds is 6. The fraction of sp³-hybridized carbons (Fsp3) is 0.571. The molecular weight excluding hydrogens is 195 g/mol. The van der Waals surface area contributed by atoms with Gasteiger partial charge in [-0.15, -0.1) is 6.58 Å². The minimum atomic E-state index is -3.34. The van der Waals surface area contributed by atoms with Crippen LogP contribution in [0, 0.1) is 0 Å². The molecule has 0 aliphatic rings. The predicted octanol–water partition coefficient (Wildman–Crippen LogP) is 1.20. The first kappa shape index (κ1) is 12.4. The largest absolute Gasteiger partial charge is 0.469 e. The summed E-state index contributed by atoms with van der Waals surface area (Å²) in [6.07, 6.45) is 1.04. The van der Waals surface area contributed by atoms with Crippen molar-refractivity contribution in [1.82, 2.24) is 0 Å². The van der Waals surface area contributed by atoms with Crippen molar-refractivity contribution in [2.75, 3.05) is 27.0 Å². The molecule has 0 bridgehead atoms. The van der Waals surface area contributed by atoms with Gasteiger partial charge in [-0.25, -0.2) is 0 Å². The van der Waals surface area contributed by atoms with Crippen LogP contribution in [-0.4, -0.2) is 33.0 Å². The van der Waals surface area contributed by atoms with Gasteiger partial charge in [0.05, 0.1) is 13.7 Å². The summed E-state index contributed by atoms with van der Waals surface area (Å²) < 4.78 is 25.3. The van der Waals surface area contributed by atoms with E-state index in [0.717, 1.165) is 0 Å². The highest BCUT2D eigenvalue weighted by molar-refractivity contribution is 7.54. The van der Waals surface area contributed by atoms with Crippen molar-refractivity contribution in [2.45, 2.75) is 0 Å². The lowest BCUT2D eigenvalue weighted by Crippen LogP contribution is -2.10. The summed E-state index contributed by atoms with van der Waals surface area (Å²) >= 11 is 0. The van der Waals surface area contributed by atoms with Gasteiger partial charge in [0, 0.05) is 7.11 Å². The summed E-state index contributed by atoms with van der Waals surface area (Å²) in [5.41, 5.74) is 0. The lowest BCUT2D eigenvalue weighted by molar-refractivity contribution is -0.137. The van der Waals surface area contributed by atoms with E-state index < -0.39 is 13.6 Å². The Balaban J connectivity index is 4.19. The molecule has 0 aromatic carbocycles. The smallest absolute Gasteiger partial charge is 0.341 e. The van der Waals surface area contributed by atoms with E-state index >= 15 is 0 Å². The van der Waals surface area contributed by atoms with E-state index in [1.807, 2.05) is 0 Å². The molecule has 0 heterocycles. The minimum Gasteiger partial charge on any atom is -0.469 e. The minimum absolute atomic E-state index is 0.0715. The molecule has 0 fully saturated rings. The lowest BCUT2D eigenvalue weighted by Gasteiger charge is -2.13. The number of esters is 1. The number of ether oxygens (including phenoxy) is 1. The molecule has 0 amide bonds. The number of methoxy groups -OCH3 is 1. The second-order valence-electron chi connectivity index (χ2n) is 2.11. The van der Waals surface area contributed by atoms with Crippen LogP contribution < -0.4 is 0 Å². The van der Waals surface area contributed by atoms with Gasteiger partial charge in [0.2, 0.25) is 0 Å². The molecule has 0 saturated heterocycles. The highest BCUT2D eigenvalue weighted by atomic mass is 31.2. The highest BCUT2D eigenvalue weighted by Crippen LogP contribution is 2.46. The summed E-state index contributed by atoms with van der Waals surface area (Å²) in [4.78, 5) is 10.8. The zero-order valence-corrected chi connectivity index (χ0v) is 8.58. The quantitative estimate of drug-likeness (QED) is 0.373. The first-order valence-corrected chi connectivity index (χ1v) is 5.28. The third-order valence-electron chi connectivity index (χ3n) is 1.22. The van der Waals surface area contributed by atoms with E-state index in [-0.39, 0.29) is 12.8 Å². The Hall–Kier alpha value is -0.640. The van der Waals surface area contributed by atoms with Crippen molar-refractivity contribution < 1.29 is 23.1 Å². The number of hydrogen-bond acceptors (Lipinski definition) is 5. The third kappa shape index (κ3) is 4.83. The fourth-order valence-corrected chi connectivity index (χ4v) is 1.66. The topological polar surface area (TPSA) is 61.8 Å². The van der Waals surface area contributed by atoms with Crippen LogP contribution in [0.25, 0.3) is 0 Å². The molecule has 13 heavy (non-hydrogen) atoms. The Morgan fingerprint density at radius 2 is 2.15 bits per heavy atom. The van der Waals surface area contributed by atoms with Crippen LogP contribution in [0.3, 0.4) is 0 Å². The standard InChI is InChI=1S/C7H13O5P/c1-4-5-12-13(9,11-3)6-7(8)10-2/h4H,1,5-6H2,2-3H3. The summed E-state index contributed by atoms with van der Waals surface area (Å²) in [6, 6.07) is 0. The van der Waals surface area contributed by atoms with Crippen molar-refractivity contribution >= 4 is 13.6 Å². The Bertz CT molecular complexity index is 225. The van der Waals surface area contributed by atoms with Gasteiger partial charge in [0.25, 0.3) is 0 Å². The maximum atomic E-state index is 11.5. The Labute approximate surface area is 77.2 Å². The van der Waals surface area contributed by atoms with E-state index in [9.17, 15) is 9.36 Å². The van der Waals surface area contributed by atoms with Crippen LogP contribution in [0.5, 0.6) is 0 Å². The van der Waals surface area contributed by atoms with Crippen molar-refractivity contribution in [3.8, 4) is 0 Å². The normalized spacial score (nSPS) is 14.6. The van der Waals surface area contributed by atoms with Gasteiger partial charge in [0.15, 0.2) is 0 Å². The molecule has 1 unspecified atom stereocenters. The maximum Gasteiger partial charge on any atom is 0.341 e. The number of hydrogen-bond donors (Lipinski definition) is 0. The molecular formula is C7H13O5P. The second kappa shape index (κ2) is 5.91. The summed E-state index contributed by atoms with van der Waals surface area (Å²) in [6.45, 7) is 3.45. The number of carbonyl (C=O) groups excluding carboxylic acids is 1. The van der Waals surface area contributed by atoms with Gasteiger partial charge in [-0.1, -0.05) is 6.08 Å². The molecule has 0 N–H and O–H groups in total. The zero-order chi connectivity index (χ0) is 10.3. The van der Waals surface area contributed by atoms with Crippen LogP contribution in [0.2, 0.25) is 0 Å². The van der Waals surface area contributed by atoms with Crippen molar-refractivity contribution in [2.24, 2.45) is 0 Å². The Kier molecular flexibility index (Phi) is 5.62. The fourth-order valence-electron chi connectivity index (χ4n) is 0.552. The first-order valence-electron chi connectivity index (χ1n) is 3.55. The van der Waals surface area contributed by atoms with Crippen LogP contribution >= 0.6 is 7.60 Å². The average molecular weight is 208 g/mol. The zero-order valence-electron chi connectivity index (χ0n) is 7.69. The van der Waals surface area contributed by atoms with Gasteiger partial charge >= 0.3 is 13.6 Å². The Morgan fingerprint density at radius 3 is 2.54 bits per heavy atom. The lowest BCUT2D eigenvalue weighted by atomic mass is 10.7. The van der Waals surface area contributed by atoms with Crippen molar-refractivity contribution in [3.63, 3.8) is 0 Å². The van der Waals surface area contributed by atoms with Gasteiger partial charge in [0.1, 0.15) is 6.16 Å². The summed E-state index contributed by atoms with van der Waals surface area (Å²) in [5, 5.41) is 0. The van der Waals surface area contributed by atoms with Gasteiger partial charge in [-0.3, -0.25) is 9.36 Å². The average Bonchev–Trinajstić information content (AvgIpc) is 2.14. The SMILES string of the molecule is C=CCOP(=O)(CC(=O)OC)OC. The van der Waals surface area contributed by atoms with E-state index in [1.54, 1.807) is 0 Å². The molecule has 1 atom stereocenters. The third-order valence-corrected chi connectivity index (χ3v) is 2.96. The van der Waals surface area contributed by atoms with E-state index in [2.05, 4.69) is 15.8 Å². The van der Waals surface area contributed by atoms with Crippen LogP contribution in [0.15, 0.2) is 12.7 Å². The van der Waals surface area contributed by atoms with Gasteiger partial charge in [-0.2, -0.15) is 0 Å². The highest BCUT2D eigenvalue weighted by Gasteiger charge is 2.27. The summed E-state index contributed by atoms with van der Waals surface area (Å²) in [7, 11) is -0.916. The van der Waals surface area contributed by atoms with Crippen LogP contribution in [0.4, 0.5) is 0 Å². The predicted molar refractivity (Wildman–Crippen MR) is 47.6 cm³/mol. The van der Waals surface area contributed by atoms with E-state index in [1.165, 1.54) is 20.3 Å². The van der Waals surface area contributed by atoms with E-state index in [4.69, 9.17) is 4.52 Å². The van der Waals surface area contributed by atoms with Crippen LogP contribution in [0.1, 0.15) is 0 Å². The van der Waals surface area contributed by atoms with Crippen molar-refractivity contribution in [1.29, 1.82) is 0 Å². The summed E-state index contributed by atoms with van der Waals surface area (Å²) in [5.74, 6) is -0.630. The van der Waals surface area contributed by atoms with Crippen LogP contribution in [-0.2, 0) is 23.1 Å². The molecule has 6 heteroatoms. The molecule has 0 spiro atoms.